The van der Waals surface area contributed by atoms with Crippen molar-refractivity contribution in [3.63, 3.8) is 0 Å². The van der Waals surface area contributed by atoms with Gasteiger partial charge in [0.25, 0.3) is 0 Å². The molecule has 174 valence electrons. The van der Waals surface area contributed by atoms with Crippen LogP contribution in [0.5, 0.6) is 5.75 Å². The molecule has 0 saturated carbocycles. The lowest BCUT2D eigenvalue weighted by atomic mass is 10.1. The molecule has 0 radical (unpaired) electrons. The largest absolute Gasteiger partial charge is 0.497 e. The number of anilines is 1. The van der Waals surface area contributed by atoms with Crippen molar-refractivity contribution in [1.82, 2.24) is 10.2 Å². The number of nitrogens with one attached hydrogen (secondary N) is 1. The Morgan fingerprint density at radius 3 is 2.44 bits per heavy atom. The molecule has 0 bridgehead atoms. The smallest absolute Gasteiger partial charge is 0.244 e. The number of nitrogens with zero attached hydrogens (tertiary/aromatic N) is 2. The first-order valence-electron chi connectivity index (χ1n) is 9.54. The second kappa shape index (κ2) is 10.9. The van der Waals surface area contributed by atoms with Crippen molar-refractivity contribution >= 4 is 50.7 Å². The van der Waals surface area contributed by atoms with Gasteiger partial charge in [0.15, 0.2) is 0 Å². The van der Waals surface area contributed by atoms with E-state index in [0.29, 0.717) is 11.3 Å². The molecule has 1 atom stereocenters. The highest BCUT2D eigenvalue weighted by atomic mass is 35.5. The van der Waals surface area contributed by atoms with Gasteiger partial charge in [-0.25, -0.2) is 8.42 Å². The van der Waals surface area contributed by atoms with Crippen LogP contribution in [0, 0.1) is 0 Å². The second-order valence-corrected chi connectivity index (χ2v) is 9.78. The fourth-order valence-corrected chi connectivity index (χ4v) is 4.32. The maximum absolute atomic E-state index is 13.3. The van der Waals surface area contributed by atoms with Crippen molar-refractivity contribution < 1.29 is 22.7 Å². The molecule has 0 spiro atoms. The molecule has 0 aliphatic heterocycles. The third-order valence-electron chi connectivity index (χ3n) is 4.76. The van der Waals surface area contributed by atoms with Crippen LogP contribution in [-0.2, 0) is 26.2 Å². The maximum Gasteiger partial charge on any atom is 0.244 e. The van der Waals surface area contributed by atoms with E-state index in [4.69, 9.17) is 27.9 Å². The summed E-state index contributed by atoms with van der Waals surface area (Å²) in [6, 6.07) is 10.5. The number of methoxy groups -OCH3 is 1. The van der Waals surface area contributed by atoms with Crippen LogP contribution >= 0.6 is 23.2 Å². The van der Waals surface area contributed by atoms with E-state index in [1.165, 1.54) is 37.3 Å². The van der Waals surface area contributed by atoms with Crippen molar-refractivity contribution in [3.05, 3.63) is 58.1 Å². The van der Waals surface area contributed by atoms with Gasteiger partial charge in [-0.1, -0.05) is 35.3 Å². The van der Waals surface area contributed by atoms with Gasteiger partial charge in [0.1, 0.15) is 18.3 Å². The average Bonchev–Trinajstić information content (AvgIpc) is 2.75. The summed E-state index contributed by atoms with van der Waals surface area (Å²) < 4.78 is 31.1. The van der Waals surface area contributed by atoms with Crippen molar-refractivity contribution in [3.8, 4) is 5.75 Å². The molecule has 11 heteroatoms. The van der Waals surface area contributed by atoms with E-state index in [1.54, 1.807) is 31.2 Å². The van der Waals surface area contributed by atoms with Crippen LogP contribution in [0.4, 0.5) is 5.69 Å². The Labute approximate surface area is 198 Å². The number of rotatable bonds is 9. The summed E-state index contributed by atoms with van der Waals surface area (Å²) in [5, 5.41) is 2.89. The van der Waals surface area contributed by atoms with Crippen LogP contribution in [0.15, 0.2) is 42.5 Å². The molecule has 1 N–H and O–H groups in total. The summed E-state index contributed by atoms with van der Waals surface area (Å²) in [7, 11) is -0.917. The Kier molecular flexibility index (Phi) is 8.77. The number of carbonyl (C=O) groups is 2. The normalized spacial score (nSPS) is 12.1. The molecule has 2 amide bonds. The van der Waals surface area contributed by atoms with E-state index >= 15 is 0 Å². The second-order valence-electron chi connectivity index (χ2n) is 7.03. The first-order chi connectivity index (χ1) is 15.0. The Morgan fingerprint density at radius 1 is 1.16 bits per heavy atom. The highest BCUT2D eigenvalue weighted by Crippen LogP contribution is 2.31. The van der Waals surface area contributed by atoms with E-state index in [-0.39, 0.29) is 22.3 Å². The fraction of sp³-hybridized carbons (Fsp3) is 0.333. The van der Waals surface area contributed by atoms with E-state index < -0.39 is 34.4 Å². The summed E-state index contributed by atoms with van der Waals surface area (Å²) in [4.78, 5) is 26.9. The van der Waals surface area contributed by atoms with Gasteiger partial charge in [-0.2, -0.15) is 0 Å². The molecule has 32 heavy (non-hydrogen) atoms. The van der Waals surface area contributed by atoms with Crippen LogP contribution in [0.2, 0.25) is 10.0 Å². The van der Waals surface area contributed by atoms with Gasteiger partial charge in [-0.05, 0) is 42.8 Å². The van der Waals surface area contributed by atoms with Crippen LogP contribution in [0.25, 0.3) is 0 Å². The lowest BCUT2D eigenvalue weighted by molar-refractivity contribution is -0.139. The first-order valence-corrected chi connectivity index (χ1v) is 12.1. The predicted molar refractivity (Wildman–Crippen MR) is 126 cm³/mol. The molecule has 2 aromatic rings. The number of benzene rings is 2. The van der Waals surface area contributed by atoms with Crippen LogP contribution in [0.3, 0.4) is 0 Å². The van der Waals surface area contributed by atoms with Gasteiger partial charge in [0, 0.05) is 18.6 Å². The molecule has 0 unspecified atom stereocenters. The van der Waals surface area contributed by atoms with Gasteiger partial charge in [0.05, 0.1) is 24.1 Å². The van der Waals surface area contributed by atoms with Crippen molar-refractivity contribution in [2.24, 2.45) is 0 Å². The Morgan fingerprint density at radius 2 is 1.84 bits per heavy atom. The molecule has 2 rings (SSSR count). The zero-order chi connectivity index (χ0) is 24.1. The molecule has 2 aromatic carbocycles. The summed E-state index contributed by atoms with van der Waals surface area (Å²) in [5.41, 5.74) is 0.782. The number of ether oxygens (including phenoxy) is 1. The number of hydrogen-bond acceptors (Lipinski definition) is 5. The van der Waals surface area contributed by atoms with E-state index in [2.05, 4.69) is 5.32 Å². The standard InChI is InChI=1S/C21H25Cl2N3O5S/c1-14(21(28)24-2)25(12-15-6-5-7-17(10-15)31-3)20(27)13-26(32(4,29)30)19-11-16(22)8-9-18(19)23/h5-11,14H,12-13H2,1-4H3,(H,24,28)/t14-/m1/s1. The van der Waals surface area contributed by atoms with Gasteiger partial charge >= 0.3 is 0 Å². The fourth-order valence-electron chi connectivity index (χ4n) is 3.03. The molecular formula is C21H25Cl2N3O5S. The molecule has 0 aliphatic carbocycles. The number of halogens is 2. The molecule has 0 saturated heterocycles. The van der Waals surface area contributed by atoms with E-state index in [9.17, 15) is 18.0 Å². The number of amides is 2. The zero-order valence-corrected chi connectivity index (χ0v) is 20.5. The third-order valence-corrected chi connectivity index (χ3v) is 6.44. The third kappa shape index (κ3) is 6.51. The van der Waals surface area contributed by atoms with Gasteiger partial charge in [-0.15, -0.1) is 0 Å². The topological polar surface area (TPSA) is 96.0 Å². The lowest BCUT2D eigenvalue weighted by Crippen LogP contribution is -2.50. The number of likely N-dealkylation sites (N-methyl/N-ethyl adjacent to an activating group) is 1. The minimum atomic E-state index is -3.90. The molecule has 0 aromatic heterocycles. The van der Waals surface area contributed by atoms with Crippen LogP contribution in [-0.4, -0.2) is 58.1 Å². The summed E-state index contributed by atoms with van der Waals surface area (Å²) in [6.07, 6.45) is 0.964. The minimum absolute atomic E-state index is 0.0610. The average molecular weight is 502 g/mol. The molecule has 0 fully saturated rings. The van der Waals surface area contributed by atoms with Crippen LogP contribution < -0.4 is 14.4 Å². The first kappa shape index (κ1) is 25.8. The van der Waals surface area contributed by atoms with E-state index in [1.807, 2.05) is 0 Å². The Bertz CT molecular complexity index is 1090. The highest BCUT2D eigenvalue weighted by molar-refractivity contribution is 7.92. The van der Waals surface area contributed by atoms with Crippen molar-refractivity contribution in [2.75, 3.05) is 31.3 Å². The lowest BCUT2D eigenvalue weighted by Gasteiger charge is -2.31. The maximum atomic E-state index is 13.3. The summed E-state index contributed by atoms with van der Waals surface area (Å²) in [5.74, 6) is -0.399. The number of sulfonamides is 1. The van der Waals surface area contributed by atoms with Gasteiger partial charge in [-0.3, -0.25) is 13.9 Å². The Hall–Kier alpha value is -2.49. The predicted octanol–water partition coefficient (Wildman–Crippen LogP) is 2.93. The zero-order valence-electron chi connectivity index (χ0n) is 18.1. The monoisotopic (exact) mass is 501 g/mol. The summed E-state index contributed by atoms with van der Waals surface area (Å²) in [6.45, 7) is 1.06. The van der Waals surface area contributed by atoms with Crippen molar-refractivity contribution in [2.45, 2.75) is 19.5 Å². The van der Waals surface area contributed by atoms with Gasteiger partial charge in [0.2, 0.25) is 21.8 Å². The molecule has 0 heterocycles. The van der Waals surface area contributed by atoms with Gasteiger partial charge < -0.3 is 15.0 Å². The molecule has 8 nitrogen and oxygen atoms in total. The SMILES string of the molecule is CNC(=O)[C@@H](C)N(Cc1cccc(OC)c1)C(=O)CN(c1cc(Cl)ccc1Cl)S(C)(=O)=O. The highest BCUT2D eigenvalue weighted by Gasteiger charge is 2.30. The van der Waals surface area contributed by atoms with E-state index in [0.717, 1.165) is 10.6 Å². The van der Waals surface area contributed by atoms with Crippen LogP contribution in [0.1, 0.15) is 12.5 Å². The van der Waals surface area contributed by atoms with Crippen molar-refractivity contribution in [1.29, 1.82) is 0 Å². The summed E-state index contributed by atoms with van der Waals surface area (Å²) >= 11 is 12.2. The number of hydrogen-bond donors (Lipinski definition) is 1. The number of carbonyl (C=O) groups excluding carboxylic acids is 2. The molecule has 0 aliphatic rings. The Balaban J connectivity index is 2.43. The quantitative estimate of drug-likeness (QED) is 0.569. The molecular weight excluding hydrogens is 477 g/mol. The minimum Gasteiger partial charge on any atom is -0.497 e.